The number of nitro benzene ring substituents is 1. The molecule has 1 aromatic heterocycles. The smallest absolute Gasteiger partial charge is 0.268 e. The van der Waals surface area contributed by atoms with Crippen molar-refractivity contribution >= 4 is 34.9 Å². The van der Waals surface area contributed by atoms with Crippen LogP contribution in [0.3, 0.4) is 0 Å². The van der Waals surface area contributed by atoms with E-state index in [1.54, 1.807) is 18.2 Å². The van der Waals surface area contributed by atoms with Crippen LogP contribution in [0.1, 0.15) is 44.9 Å². The van der Waals surface area contributed by atoms with Crippen molar-refractivity contribution in [2.75, 3.05) is 0 Å². The van der Waals surface area contributed by atoms with E-state index in [9.17, 15) is 19.7 Å². The van der Waals surface area contributed by atoms with Gasteiger partial charge in [-0.05, 0) is 49.5 Å². The van der Waals surface area contributed by atoms with Crippen LogP contribution in [0.4, 0.5) is 5.69 Å². The molecule has 0 aliphatic heterocycles. The minimum absolute atomic E-state index is 0.0920. The summed E-state index contributed by atoms with van der Waals surface area (Å²) in [7, 11) is 0. The van der Waals surface area contributed by atoms with Gasteiger partial charge >= 0.3 is 0 Å². The summed E-state index contributed by atoms with van der Waals surface area (Å²) >= 11 is 1.47. The average molecular weight is 385 g/mol. The molecule has 0 atom stereocenters. The van der Waals surface area contributed by atoms with E-state index in [-0.39, 0.29) is 11.6 Å². The number of para-hydroxylation sites is 1. The van der Waals surface area contributed by atoms with Gasteiger partial charge in [0.15, 0.2) is 0 Å². The SMILES string of the molecule is O=C(/C=C/c1ccccc1[N+](=O)[O-])NNC(=O)c1cc2c(s1)CCCCC2. The molecule has 0 saturated heterocycles. The molecule has 2 N–H and O–H groups in total. The van der Waals surface area contributed by atoms with Crippen molar-refractivity contribution in [2.45, 2.75) is 32.1 Å². The van der Waals surface area contributed by atoms with Crippen molar-refractivity contribution in [3.05, 3.63) is 67.4 Å². The summed E-state index contributed by atoms with van der Waals surface area (Å²) in [6.07, 6.45) is 7.96. The Morgan fingerprint density at radius 1 is 1.11 bits per heavy atom. The third-order valence-corrected chi connectivity index (χ3v) is 5.55. The first-order chi connectivity index (χ1) is 13.0. The Hall–Kier alpha value is -3.00. The third-order valence-electron chi connectivity index (χ3n) is 4.32. The highest BCUT2D eigenvalue weighted by atomic mass is 32.1. The zero-order valence-corrected chi connectivity index (χ0v) is 15.4. The zero-order valence-electron chi connectivity index (χ0n) is 14.6. The Morgan fingerprint density at radius 3 is 2.70 bits per heavy atom. The van der Waals surface area contributed by atoms with Crippen LogP contribution in [-0.4, -0.2) is 16.7 Å². The number of aryl methyl sites for hydroxylation is 2. The van der Waals surface area contributed by atoms with Gasteiger partial charge in [-0.3, -0.25) is 30.6 Å². The van der Waals surface area contributed by atoms with Gasteiger partial charge in [0.25, 0.3) is 17.5 Å². The second-order valence-corrected chi connectivity index (χ2v) is 7.35. The molecule has 0 saturated carbocycles. The van der Waals surface area contributed by atoms with Gasteiger partial charge in [-0.25, -0.2) is 0 Å². The van der Waals surface area contributed by atoms with Gasteiger partial charge in [0.1, 0.15) is 0 Å². The molecule has 3 rings (SSSR count). The summed E-state index contributed by atoms with van der Waals surface area (Å²) in [5, 5.41) is 11.0. The number of nitrogens with one attached hydrogen (secondary N) is 2. The summed E-state index contributed by atoms with van der Waals surface area (Å²) in [6, 6.07) is 8.00. The maximum absolute atomic E-state index is 12.2. The first-order valence-electron chi connectivity index (χ1n) is 8.68. The third kappa shape index (κ3) is 4.79. The van der Waals surface area contributed by atoms with Crippen molar-refractivity contribution in [1.29, 1.82) is 0 Å². The zero-order chi connectivity index (χ0) is 19.2. The molecule has 7 nitrogen and oxygen atoms in total. The molecule has 0 unspecified atom stereocenters. The lowest BCUT2D eigenvalue weighted by Crippen LogP contribution is -2.40. The number of amides is 2. The molecule has 2 aromatic rings. The van der Waals surface area contributed by atoms with Crippen LogP contribution in [0.2, 0.25) is 0 Å². The lowest BCUT2D eigenvalue weighted by molar-refractivity contribution is -0.385. The molecule has 0 spiro atoms. The van der Waals surface area contributed by atoms with Crippen molar-refractivity contribution in [3.63, 3.8) is 0 Å². The van der Waals surface area contributed by atoms with Gasteiger partial charge in [-0.2, -0.15) is 0 Å². The Labute approximate surface area is 160 Å². The number of carbonyl (C=O) groups excluding carboxylic acids is 2. The topological polar surface area (TPSA) is 101 Å². The fourth-order valence-electron chi connectivity index (χ4n) is 2.96. The fraction of sp³-hybridized carbons (Fsp3) is 0.263. The second-order valence-electron chi connectivity index (χ2n) is 6.21. The van der Waals surface area contributed by atoms with Crippen molar-refractivity contribution in [2.24, 2.45) is 0 Å². The second kappa shape index (κ2) is 8.59. The van der Waals surface area contributed by atoms with Gasteiger partial charge in [-0.1, -0.05) is 18.6 Å². The minimum Gasteiger partial charge on any atom is -0.268 e. The summed E-state index contributed by atoms with van der Waals surface area (Å²) in [4.78, 5) is 36.4. The number of hydrazine groups is 1. The van der Waals surface area contributed by atoms with Crippen molar-refractivity contribution < 1.29 is 14.5 Å². The molecule has 27 heavy (non-hydrogen) atoms. The summed E-state index contributed by atoms with van der Waals surface area (Å²) < 4.78 is 0. The molecule has 2 amide bonds. The molecule has 0 bridgehead atoms. The number of hydrogen-bond donors (Lipinski definition) is 2. The maximum Gasteiger partial charge on any atom is 0.279 e. The number of nitrogens with zero attached hydrogens (tertiary/aromatic N) is 1. The molecule has 1 aromatic carbocycles. The van der Waals surface area contributed by atoms with E-state index >= 15 is 0 Å². The van der Waals surface area contributed by atoms with Gasteiger partial charge in [-0.15, -0.1) is 11.3 Å². The van der Waals surface area contributed by atoms with Crippen molar-refractivity contribution in [1.82, 2.24) is 10.9 Å². The van der Waals surface area contributed by atoms with Gasteiger partial charge in [0, 0.05) is 17.0 Å². The number of thiophene rings is 1. The predicted octanol–water partition coefficient (Wildman–Crippen LogP) is 3.40. The first kappa shape index (κ1) is 18.8. The van der Waals surface area contributed by atoms with Crippen LogP contribution in [-0.2, 0) is 17.6 Å². The number of hydrogen-bond acceptors (Lipinski definition) is 5. The van der Waals surface area contributed by atoms with Crippen LogP contribution < -0.4 is 10.9 Å². The standard InChI is InChI=1S/C19H19N3O4S/c23-18(11-10-13-6-4-5-8-15(13)22(25)26)20-21-19(24)17-12-14-7-2-1-3-9-16(14)27-17/h4-6,8,10-12H,1-3,7,9H2,(H,20,23)(H,21,24)/b11-10+. The summed E-state index contributed by atoms with van der Waals surface area (Å²) in [5.41, 5.74) is 6.13. The Balaban J connectivity index is 1.58. The quantitative estimate of drug-likeness (QED) is 0.364. The van der Waals surface area contributed by atoms with Crippen LogP contribution >= 0.6 is 11.3 Å². The molecular formula is C19H19N3O4S. The van der Waals surface area contributed by atoms with E-state index < -0.39 is 10.8 Å². The molecule has 8 heteroatoms. The van der Waals surface area contributed by atoms with E-state index in [0.29, 0.717) is 10.4 Å². The Kier molecular flexibility index (Phi) is 5.97. The normalized spacial score (nSPS) is 13.6. The number of nitro groups is 1. The Bertz CT molecular complexity index is 881. The molecule has 0 fully saturated rings. The van der Waals surface area contributed by atoms with Crippen molar-refractivity contribution in [3.8, 4) is 0 Å². The fourth-order valence-corrected chi connectivity index (χ4v) is 4.11. The predicted molar refractivity (Wildman–Crippen MR) is 103 cm³/mol. The monoisotopic (exact) mass is 385 g/mol. The lowest BCUT2D eigenvalue weighted by Gasteiger charge is -2.03. The molecule has 1 aliphatic rings. The summed E-state index contributed by atoms with van der Waals surface area (Å²) in [6.45, 7) is 0. The highest BCUT2D eigenvalue weighted by Crippen LogP contribution is 2.28. The van der Waals surface area contributed by atoms with Gasteiger partial charge < -0.3 is 0 Å². The van der Waals surface area contributed by atoms with Crippen LogP contribution in [0.5, 0.6) is 0 Å². The highest BCUT2D eigenvalue weighted by Gasteiger charge is 2.16. The van der Waals surface area contributed by atoms with Gasteiger partial charge in [0.2, 0.25) is 0 Å². The van der Waals surface area contributed by atoms with Crippen LogP contribution in [0.15, 0.2) is 36.4 Å². The van der Waals surface area contributed by atoms with Crippen LogP contribution in [0, 0.1) is 10.1 Å². The first-order valence-corrected chi connectivity index (χ1v) is 9.49. The Morgan fingerprint density at radius 2 is 1.89 bits per heavy atom. The van der Waals surface area contributed by atoms with Gasteiger partial charge in [0.05, 0.1) is 15.4 Å². The highest BCUT2D eigenvalue weighted by molar-refractivity contribution is 7.14. The van der Waals surface area contributed by atoms with E-state index in [1.807, 2.05) is 6.07 Å². The number of rotatable bonds is 4. The molecule has 0 radical (unpaired) electrons. The number of carbonyl (C=O) groups is 2. The minimum atomic E-state index is -0.570. The van der Waals surface area contributed by atoms with E-state index in [1.165, 1.54) is 40.3 Å². The molecule has 140 valence electrons. The van der Waals surface area contributed by atoms with E-state index in [4.69, 9.17) is 0 Å². The maximum atomic E-state index is 12.2. The average Bonchev–Trinajstić information content (AvgIpc) is 2.95. The van der Waals surface area contributed by atoms with Crippen LogP contribution in [0.25, 0.3) is 6.08 Å². The van der Waals surface area contributed by atoms with E-state index in [2.05, 4.69) is 10.9 Å². The number of fused-ring (bicyclic) bond motifs is 1. The largest absolute Gasteiger partial charge is 0.279 e. The van der Waals surface area contributed by atoms with E-state index in [0.717, 1.165) is 31.8 Å². The molecular weight excluding hydrogens is 366 g/mol. The lowest BCUT2D eigenvalue weighted by atomic mass is 10.1. The molecule has 1 aliphatic carbocycles. The molecule has 1 heterocycles. The summed E-state index contributed by atoms with van der Waals surface area (Å²) in [5.74, 6) is -0.930. The number of benzene rings is 1.